The number of nitrogens with zero attached hydrogens (tertiary/aromatic N) is 3. The van der Waals surface area contributed by atoms with E-state index < -0.39 is 0 Å². The number of carbonyl (C=O) groups excluding carboxylic acids is 1. The highest BCUT2D eigenvalue weighted by Gasteiger charge is 2.15. The number of amides is 1. The van der Waals surface area contributed by atoms with E-state index >= 15 is 0 Å². The molecule has 1 amide bonds. The molecule has 0 bridgehead atoms. The molecular formula is C18H20N4O2S. The first-order chi connectivity index (χ1) is 12.0. The summed E-state index contributed by atoms with van der Waals surface area (Å²) >= 11 is 1.36. The van der Waals surface area contributed by atoms with Crippen molar-refractivity contribution in [2.24, 2.45) is 0 Å². The first kappa shape index (κ1) is 17.3. The Morgan fingerprint density at radius 2 is 2.20 bits per heavy atom. The first-order valence-electron chi connectivity index (χ1n) is 7.98. The summed E-state index contributed by atoms with van der Waals surface area (Å²) in [7, 11) is 0. The van der Waals surface area contributed by atoms with E-state index in [-0.39, 0.29) is 17.7 Å². The molecule has 6 nitrogen and oxygen atoms in total. The minimum Gasteiger partial charge on any atom is -0.467 e. The highest BCUT2D eigenvalue weighted by atomic mass is 32.2. The second kappa shape index (κ2) is 7.57. The van der Waals surface area contributed by atoms with Crippen LogP contribution in [0.1, 0.15) is 29.9 Å². The molecule has 130 valence electrons. The van der Waals surface area contributed by atoms with E-state index in [0.29, 0.717) is 5.16 Å². The van der Waals surface area contributed by atoms with Crippen molar-refractivity contribution in [3.05, 3.63) is 59.8 Å². The lowest BCUT2D eigenvalue weighted by molar-refractivity contribution is -0.119. The van der Waals surface area contributed by atoms with Crippen molar-refractivity contribution < 1.29 is 9.21 Å². The molecule has 7 heteroatoms. The molecule has 1 atom stereocenters. The molecule has 0 saturated carbocycles. The molecule has 0 saturated heterocycles. The Kier molecular flexibility index (Phi) is 5.23. The summed E-state index contributed by atoms with van der Waals surface area (Å²) in [6.45, 7) is 6.00. The minimum absolute atomic E-state index is 0.0796. The second-order valence-electron chi connectivity index (χ2n) is 5.87. The van der Waals surface area contributed by atoms with Gasteiger partial charge in [0.05, 0.1) is 23.7 Å². The van der Waals surface area contributed by atoms with Gasteiger partial charge in [-0.2, -0.15) is 0 Å². The average molecular weight is 356 g/mol. The van der Waals surface area contributed by atoms with Gasteiger partial charge in [0, 0.05) is 0 Å². The Balaban J connectivity index is 1.64. The Morgan fingerprint density at radius 1 is 1.36 bits per heavy atom. The SMILES string of the molecule is Cc1ccc(-n2cnnc2SCC(=O)N[C@@H](C)c2ccco2)c(C)c1. The molecule has 2 heterocycles. The van der Waals surface area contributed by atoms with Crippen molar-refractivity contribution in [1.29, 1.82) is 0 Å². The lowest BCUT2D eigenvalue weighted by atomic mass is 10.1. The van der Waals surface area contributed by atoms with E-state index in [0.717, 1.165) is 17.0 Å². The highest BCUT2D eigenvalue weighted by Crippen LogP contribution is 2.22. The maximum absolute atomic E-state index is 12.2. The fourth-order valence-corrected chi connectivity index (χ4v) is 3.32. The molecule has 1 aromatic carbocycles. The lowest BCUT2D eigenvalue weighted by Crippen LogP contribution is -2.28. The molecule has 0 aliphatic carbocycles. The number of carbonyl (C=O) groups is 1. The van der Waals surface area contributed by atoms with Gasteiger partial charge in [-0.1, -0.05) is 29.5 Å². The molecule has 2 aromatic heterocycles. The van der Waals surface area contributed by atoms with E-state index in [4.69, 9.17) is 4.42 Å². The molecular weight excluding hydrogens is 336 g/mol. The Morgan fingerprint density at radius 3 is 2.92 bits per heavy atom. The zero-order valence-corrected chi connectivity index (χ0v) is 15.2. The van der Waals surface area contributed by atoms with Crippen molar-refractivity contribution in [2.45, 2.75) is 32.0 Å². The van der Waals surface area contributed by atoms with Gasteiger partial charge in [-0.25, -0.2) is 0 Å². The third kappa shape index (κ3) is 4.11. The monoisotopic (exact) mass is 356 g/mol. The van der Waals surface area contributed by atoms with Crippen molar-refractivity contribution in [2.75, 3.05) is 5.75 Å². The number of nitrogens with one attached hydrogen (secondary N) is 1. The van der Waals surface area contributed by atoms with Crippen LogP contribution in [0.15, 0.2) is 52.5 Å². The number of aryl methyl sites for hydroxylation is 2. The molecule has 0 fully saturated rings. The summed E-state index contributed by atoms with van der Waals surface area (Å²) < 4.78 is 7.20. The van der Waals surface area contributed by atoms with Crippen molar-refractivity contribution >= 4 is 17.7 Å². The van der Waals surface area contributed by atoms with E-state index in [9.17, 15) is 4.79 Å². The number of rotatable bonds is 6. The number of thioether (sulfide) groups is 1. The number of benzene rings is 1. The van der Waals surface area contributed by atoms with Crippen LogP contribution in [0.3, 0.4) is 0 Å². The summed E-state index contributed by atoms with van der Waals surface area (Å²) in [5, 5.41) is 11.7. The number of hydrogen-bond acceptors (Lipinski definition) is 5. The van der Waals surface area contributed by atoms with Gasteiger partial charge < -0.3 is 9.73 Å². The third-order valence-corrected chi connectivity index (χ3v) is 4.75. The Labute approximate surface area is 150 Å². The van der Waals surface area contributed by atoms with Crippen LogP contribution < -0.4 is 5.32 Å². The fraction of sp³-hybridized carbons (Fsp3) is 0.278. The summed E-state index contributed by atoms with van der Waals surface area (Å²) in [4.78, 5) is 12.2. The van der Waals surface area contributed by atoms with Gasteiger partial charge in [0.15, 0.2) is 5.16 Å². The highest BCUT2D eigenvalue weighted by molar-refractivity contribution is 7.99. The van der Waals surface area contributed by atoms with Gasteiger partial charge in [-0.15, -0.1) is 10.2 Å². The minimum atomic E-state index is -0.166. The Hall–Kier alpha value is -2.54. The smallest absolute Gasteiger partial charge is 0.231 e. The van der Waals surface area contributed by atoms with E-state index in [1.54, 1.807) is 18.7 Å². The van der Waals surface area contributed by atoms with Gasteiger partial charge in [-0.05, 0) is 44.5 Å². The molecule has 3 aromatic rings. The average Bonchev–Trinajstić information content (AvgIpc) is 3.25. The fourth-order valence-electron chi connectivity index (χ4n) is 2.59. The zero-order valence-electron chi connectivity index (χ0n) is 14.4. The van der Waals surface area contributed by atoms with E-state index in [2.05, 4.69) is 41.5 Å². The van der Waals surface area contributed by atoms with Gasteiger partial charge in [0.2, 0.25) is 5.91 Å². The van der Waals surface area contributed by atoms with E-state index in [1.165, 1.54) is 17.3 Å². The topological polar surface area (TPSA) is 73.0 Å². The molecule has 0 spiro atoms. The van der Waals surface area contributed by atoms with Crippen LogP contribution in [0.25, 0.3) is 5.69 Å². The third-order valence-electron chi connectivity index (χ3n) is 3.81. The summed E-state index contributed by atoms with van der Waals surface area (Å²) in [5.74, 6) is 0.912. The maximum Gasteiger partial charge on any atom is 0.231 e. The number of aromatic nitrogens is 3. The van der Waals surface area contributed by atoms with Crippen LogP contribution >= 0.6 is 11.8 Å². The molecule has 3 rings (SSSR count). The predicted molar refractivity (Wildman–Crippen MR) is 96.8 cm³/mol. The maximum atomic E-state index is 12.2. The normalized spacial score (nSPS) is 12.1. The molecule has 25 heavy (non-hydrogen) atoms. The van der Waals surface area contributed by atoms with Crippen molar-refractivity contribution in [3.8, 4) is 5.69 Å². The van der Waals surface area contributed by atoms with Gasteiger partial charge in [-0.3, -0.25) is 9.36 Å². The van der Waals surface area contributed by atoms with Crippen LogP contribution in [-0.4, -0.2) is 26.4 Å². The standard InChI is InChI=1S/C18H20N4O2S/c1-12-6-7-15(13(2)9-12)22-11-19-21-18(22)25-10-17(23)20-14(3)16-5-4-8-24-16/h4-9,11,14H,10H2,1-3H3,(H,20,23)/t14-/m0/s1. The van der Waals surface area contributed by atoms with Crippen LogP contribution in [0.4, 0.5) is 0 Å². The van der Waals surface area contributed by atoms with Crippen molar-refractivity contribution in [1.82, 2.24) is 20.1 Å². The van der Waals surface area contributed by atoms with Gasteiger partial charge in [0.1, 0.15) is 12.1 Å². The second-order valence-corrected chi connectivity index (χ2v) is 6.81. The molecule has 0 unspecified atom stereocenters. The summed E-state index contributed by atoms with van der Waals surface area (Å²) in [6.07, 6.45) is 3.27. The summed E-state index contributed by atoms with van der Waals surface area (Å²) in [6, 6.07) is 9.68. The molecule has 0 aliphatic rings. The zero-order chi connectivity index (χ0) is 17.8. The van der Waals surface area contributed by atoms with Crippen LogP contribution in [0.5, 0.6) is 0 Å². The van der Waals surface area contributed by atoms with Crippen molar-refractivity contribution in [3.63, 3.8) is 0 Å². The van der Waals surface area contributed by atoms with Gasteiger partial charge >= 0.3 is 0 Å². The van der Waals surface area contributed by atoms with E-state index in [1.807, 2.05) is 23.6 Å². The van der Waals surface area contributed by atoms with Crippen LogP contribution in [-0.2, 0) is 4.79 Å². The molecule has 0 aliphatic heterocycles. The molecule has 1 N–H and O–H groups in total. The first-order valence-corrected chi connectivity index (χ1v) is 8.96. The van der Waals surface area contributed by atoms with Crippen LogP contribution in [0, 0.1) is 13.8 Å². The largest absolute Gasteiger partial charge is 0.467 e. The molecule has 0 radical (unpaired) electrons. The number of hydrogen-bond donors (Lipinski definition) is 1. The van der Waals surface area contributed by atoms with Crippen LogP contribution in [0.2, 0.25) is 0 Å². The lowest BCUT2D eigenvalue weighted by Gasteiger charge is -2.12. The summed E-state index contributed by atoms with van der Waals surface area (Å²) in [5.41, 5.74) is 3.36. The Bertz CT molecular complexity index is 858. The quantitative estimate of drug-likeness (QED) is 0.685. The number of furan rings is 1. The van der Waals surface area contributed by atoms with Gasteiger partial charge in [0.25, 0.3) is 0 Å². The predicted octanol–water partition coefficient (Wildman–Crippen LogP) is 3.45.